The van der Waals surface area contributed by atoms with Gasteiger partial charge in [-0.3, -0.25) is 0 Å². The van der Waals surface area contributed by atoms with Gasteiger partial charge in [0.15, 0.2) is 0 Å². The average molecular weight is 537 g/mol. The topological polar surface area (TPSA) is 18.5 Å². The minimum Gasteiger partial charge on any atom is -0.374 e. The molecule has 10 unspecified atom stereocenters. The highest BCUT2D eigenvalue weighted by Crippen LogP contribution is 2.70. The van der Waals surface area contributed by atoms with E-state index in [0.717, 1.165) is 47.3 Å². The Morgan fingerprint density at radius 1 is 0.333 bits per heavy atom. The van der Waals surface area contributed by atoms with Crippen molar-refractivity contribution < 1.29 is 9.47 Å². The fourth-order valence-electron chi connectivity index (χ4n) is 13.7. The first kappa shape index (κ1) is 26.5. The van der Waals surface area contributed by atoms with Crippen molar-refractivity contribution in [2.75, 3.05) is 0 Å². The maximum absolute atomic E-state index is 7.87. The molecule has 2 heteroatoms. The third kappa shape index (κ3) is 4.36. The van der Waals surface area contributed by atoms with Crippen LogP contribution < -0.4 is 0 Å². The lowest BCUT2D eigenvalue weighted by Gasteiger charge is -2.71. The van der Waals surface area contributed by atoms with Crippen molar-refractivity contribution >= 4 is 0 Å². The first-order chi connectivity index (χ1) is 19.4. The zero-order chi connectivity index (χ0) is 25.8. The molecule has 0 bridgehead atoms. The summed E-state index contributed by atoms with van der Waals surface area (Å²) >= 11 is 0. The van der Waals surface area contributed by atoms with Crippen molar-refractivity contribution in [3.63, 3.8) is 0 Å². The predicted molar refractivity (Wildman–Crippen MR) is 158 cm³/mol. The first-order valence-electron chi connectivity index (χ1n) is 18.7. The van der Waals surface area contributed by atoms with E-state index in [1.165, 1.54) is 154 Å². The summed E-state index contributed by atoms with van der Waals surface area (Å²) in [7, 11) is 0. The normalized spacial score (nSPS) is 51.4. The molecule has 2 heterocycles. The number of fused-ring (bicyclic) bond motifs is 8. The van der Waals surface area contributed by atoms with Crippen LogP contribution in [0.15, 0.2) is 0 Å². The summed E-state index contributed by atoms with van der Waals surface area (Å²) < 4.78 is 15.1. The molecule has 2 aliphatic heterocycles. The highest BCUT2D eigenvalue weighted by atomic mass is 16.5. The van der Waals surface area contributed by atoms with Crippen LogP contribution in [0.25, 0.3) is 0 Å². The van der Waals surface area contributed by atoms with E-state index in [2.05, 4.69) is 0 Å². The van der Waals surface area contributed by atoms with Gasteiger partial charge >= 0.3 is 0 Å². The Kier molecular flexibility index (Phi) is 7.62. The molecule has 10 atom stereocenters. The Bertz CT molecular complexity index is 759. The van der Waals surface area contributed by atoms with Crippen LogP contribution in [0.5, 0.6) is 0 Å². The molecule has 6 aliphatic carbocycles. The summed E-state index contributed by atoms with van der Waals surface area (Å²) in [5.41, 5.74) is 0.530. The maximum Gasteiger partial charge on any atom is 0.0643 e. The van der Waals surface area contributed by atoms with E-state index in [0.29, 0.717) is 29.8 Å². The van der Waals surface area contributed by atoms with Gasteiger partial charge in [0.2, 0.25) is 0 Å². The minimum absolute atomic E-state index is 0.530. The highest BCUT2D eigenvalue weighted by Gasteiger charge is 2.69. The van der Waals surface area contributed by atoms with Gasteiger partial charge in [-0.2, -0.15) is 0 Å². The maximum atomic E-state index is 7.87. The van der Waals surface area contributed by atoms with E-state index in [4.69, 9.17) is 9.47 Å². The Hall–Kier alpha value is -0.0800. The van der Waals surface area contributed by atoms with E-state index >= 15 is 0 Å². The molecule has 0 aromatic rings. The van der Waals surface area contributed by atoms with Crippen LogP contribution in [0.2, 0.25) is 0 Å². The predicted octanol–water partition coefficient (Wildman–Crippen LogP) is 9.88. The molecule has 6 saturated carbocycles. The molecular weight excluding hydrogens is 476 g/mol. The van der Waals surface area contributed by atoms with E-state index in [9.17, 15) is 0 Å². The lowest BCUT2D eigenvalue weighted by Crippen LogP contribution is -2.71. The summed E-state index contributed by atoms with van der Waals surface area (Å²) in [4.78, 5) is 0. The summed E-state index contributed by atoms with van der Waals surface area (Å²) in [6, 6.07) is 0. The van der Waals surface area contributed by atoms with Gasteiger partial charge in [-0.15, -0.1) is 0 Å². The molecule has 2 nitrogen and oxygen atoms in total. The zero-order valence-corrected chi connectivity index (χ0v) is 25.2. The lowest BCUT2D eigenvalue weighted by molar-refractivity contribution is -0.331. The SMILES string of the molecule is C1CCC(C2CCCC3C2OC2C(C4CCCCC4)CCCC2C32C3CCCCC3OC3CCCCC32)CC1. The fourth-order valence-corrected chi connectivity index (χ4v) is 13.7. The number of ether oxygens (including phenoxy) is 2. The van der Waals surface area contributed by atoms with E-state index in [1.54, 1.807) is 0 Å². The Morgan fingerprint density at radius 2 is 0.744 bits per heavy atom. The number of rotatable bonds is 2. The molecule has 0 radical (unpaired) electrons. The smallest absolute Gasteiger partial charge is 0.0643 e. The third-order valence-corrected chi connectivity index (χ3v) is 14.9. The van der Waals surface area contributed by atoms with Gasteiger partial charge in [0.25, 0.3) is 0 Å². The van der Waals surface area contributed by atoms with Crippen LogP contribution in [-0.2, 0) is 9.47 Å². The molecule has 0 amide bonds. The Labute approximate surface area is 240 Å². The number of hydrogen-bond donors (Lipinski definition) is 0. The second kappa shape index (κ2) is 11.2. The summed E-state index contributed by atoms with van der Waals surface area (Å²) in [5.74, 6) is 7.00. The van der Waals surface area contributed by atoms with Gasteiger partial charge in [-0.25, -0.2) is 0 Å². The average Bonchev–Trinajstić information content (AvgIpc) is 3.01. The van der Waals surface area contributed by atoms with Crippen LogP contribution in [0.1, 0.15) is 154 Å². The van der Waals surface area contributed by atoms with Gasteiger partial charge in [-0.1, -0.05) is 103 Å². The van der Waals surface area contributed by atoms with Crippen LogP contribution in [-0.4, -0.2) is 24.4 Å². The van der Waals surface area contributed by atoms with Crippen molar-refractivity contribution in [1.82, 2.24) is 0 Å². The molecule has 8 rings (SSSR count). The van der Waals surface area contributed by atoms with Crippen LogP contribution in [0.4, 0.5) is 0 Å². The quantitative estimate of drug-likeness (QED) is 0.349. The van der Waals surface area contributed by atoms with E-state index < -0.39 is 0 Å². The standard InChI is InChI=1S/C37H60O2/c1-3-13-25(14-4-1)27-17-11-21-31-35(27)39-36-28(26-15-5-2-6-16-26)18-12-22-32(36)37(31)29-19-7-9-23-33(29)38-34-24-10-8-20-30(34)37/h25-36H,1-24H2. The molecule has 39 heavy (non-hydrogen) atoms. The molecule has 0 aromatic heterocycles. The number of hydrogen-bond acceptors (Lipinski definition) is 2. The monoisotopic (exact) mass is 536 g/mol. The molecule has 220 valence electrons. The van der Waals surface area contributed by atoms with E-state index in [1.807, 2.05) is 0 Å². The fraction of sp³-hybridized carbons (Fsp3) is 1.00. The second-order valence-corrected chi connectivity index (χ2v) is 16.3. The van der Waals surface area contributed by atoms with Crippen LogP contribution in [0, 0.1) is 52.8 Å². The molecule has 2 saturated heterocycles. The molecular formula is C37H60O2. The first-order valence-corrected chi connectivity index (χ1v) is 18.7. The lowest BCUT2D eigenvalue weighted by atomic mass is 9.40. The van der Waals surface area contributed by atoms with Crippen molar-refractivity contribution in [3.8, 4) is 0 Å². The minimum atomic E-state index is 0.530. The summed E-state index contributed by atoms with van der Waals surface area (Å²) in [6.07, 6.45) is 37.6. The molecule has 0 aromatic carbocycles. The molecule has 1 spiro atoms. The zero-order valence-electron chi connectivity index (χ0n) is 25.2. The van der Waals surface area contributed by atoms with Crippen molar-refractivity contribution in [2.45, 2.75) is 179 Å². The van der Waals surface area contributed by atoms with Gasteiger partial charge in [0.05, 0.1) is 24.4 Å². The van der Waals surface area contributed by atoms with Crippen molar-refractivity contribution in [2.24, 2.45) is 52.8 Å². The van der Waals surface area contributed by atoms with Gasteiger partial charge in [0, 0.05) is 0 Å². The Morgan fingerprint density at radius 3 is 1.23 bits per heavy atom. The summed E-state index contributed by atoms with van der Waals surface area (Å²) in [5, 5.41) is 0. The van der Waals surface area contributed by atoms with Crippen molar-refractivity contribution in [1.29, 1.82) is 0 Å². The van der Waals surface area contributed by atoms with Crippen LogP contribution in [0.3, 0.4) is 0 Å². The largest absolute Gasteiger partial charge is 0.374 e. The van der Waals surface area contributed by atoms with Crippen molar-refractivity contribution in [3.05, 3.63) is 0 Å². The van der Waals surface area contributed by atoms with E-state index in [-0.39, 0.29) is 0 Å². The highest BCUT2D eigenvalue weighted by molar-refractivity contribution is 5.17. The second-order valence-electron chi connectivity index (χ2n) is 16.3. The molecule has 0 N–H and O–H groups in total. The third-order valence-electron chi connectivity index (χ3n) is 14.9. The van der Waals surface area contributed by atoms with Crippen LogP contribution >= 0.6 is 0 Å². The Balaban J connectivity index is 1.25. The van der Waals surface area contributed by atoms with Gasteiger partial charge in [0.1, 0.15) is 0 Å². The van der Waals surface area contributed by atoms with Gasteiger partial charge in [-0.05, 0) is 104 Å². The molecule has 8 fully saturated rings. The molecule has 8 aliphatic rings. The van der Waals surface area contributed by atoms with Gasteiger partial charge < -0.3 is 9.47 Å². The summed E-state index contributed by atoms with van der Waals surface area (Å²) in [6.45, 7) is 0.